The van der Waals surface area contributed by atoms with E-state index in [2.05, 4.69) is 4.74 Å². The minimum absolute atomic E-state index is 0.0708. The van der Waals surface area contributed by atoms with E-state index in [4.69, 9.17) is 5.11 Å². The molecule has 2 N–H and O–H groups in total. The van der Waals surface area contributed by atoms with Gasteiger partial charge in [-0.05, 0) is 31.5 Å². The fraction of sp³-hybridized carbons (Fsp3) is 0.333. The van der Waals surface area contributed by atoms with Crippen LogP contribution in [0.4, 0.5) is 0 Å². The van der Waals surface area contributed by atoms with Crippen molar-refractivity contribution in [1.29, 1.82) is 0 Å². The number of hydrogen-bond acceptors (Lipinski definition) is 5. The maximum Gasteiger partial charge on any atom is 0.337 e. The maximum absolute atomic E-state index is 12.1. The number of sulfonamides is 1. The first kappa shape index (κ1) is 16.1. The Kier molecular flexibility index (Phi) is 4.85. The molecule has 1 aromatic carbocycles. The summed E-state index contributed by atoms with van der Waals surface area (Å²) in [5.41, 5.74) is 0.462. The third-order valence-corrected chi connectivity index (χ3v) is 4.28. The predicted molar refractivity (Wildman–Crippen MR) is 69.9 cm³/mol. The maximum atomic E-state index is 12.1. The van der Waals surface area contributed by atoms with Gasteiger partial charge in [-0.2, -0.15) is 4.72 Å². The SMILES string of the molecule is COC(=O)c1ccc(C)c(S(=O)(=O)N[C@H](C)C(=O)O)c1. The first-order valence-electron chi connectivity index (χ1n) is 5.63. The third-order valence-electron chi connectivity index (χ3n) is 2.60. The van der Waals surface area contributed by atoms with Crippen molar-refractivity contribution in [3.63, 3.8) is 0 Å². The van der Waals surface area contributed by atoms with Crippen LogP contribution in [-0.4, -0.2) is 38.6 Å². The topological polar surface area (TPSA) is 110 Å². The van der Waals surface area contributed by atoms with Crippen molar-refractivity contribution in [2.24, 2.45) is 0 Å². The lowest BCUT2D eigenvalue weighted by Crippen LogP contribution is -2.38. The zero-order valence-electron chi connectivity index (χ0n) is 11.2. The molecular formula is C12H15NO6S. The Morgan fingerprint density at radius 2 is 1.95 bits per heavy atom. The molecule has 0 heterocycles. The standard InChI is InChI=1S/C12H15NO6S/c1-7-4-5-9(12(16)19-3)6-10(7)20(17,18)13-8(2)11(14)15/h4-6,8,13H,1-3H3,(H,14,15)/t8-/m1/s1. The summed E-state index contributed by atoms with van der Waals surface area (Å²) in [7, 11) is -2.86. The summed E-state index contributed by atoms with van der Waals surface area (Å²) < 4.78 is 30.7. The number of carboxylic acid groups (broad SMARTS) is 1. The molecule has 20 heavy (non-hydrogen) atoms. The minimum atomic E-state index is -4.04. The number of benzene rings is 1. The number of hydrogen-bond donors (Lipinski definition) is 2. The first-order valence-corrected chi connectivity index (χ1v) is 7.11. The highest BCUT2D eigenvalue weighted by Gasteiger charge is 2.24. The fourth-order valence-electron chi connectivity index (χ4n) is 1.48. The molecule has 0 aliphatic rings. The molecule has 8 heteroatoms. The molecule has 0 spiro atoms. The predicted octanol–water partition coefficient (Wildman–Crippen LogP) is 0.533. The van der Waals surface area contributed by atoms with Crippen LogP contribution in [-0.2, 0) is 19.6 Å². The highest BCUT2D eigenvalue weighted by atomic mass is 32.2. The Morgan fingerprint density at radius 1 is 1.35 bits per heavy atom. The molecule has 0 aliphatic carbocycles. The van der Waals surface area contributed by atoms with Gasteiger partial charge in [-0.1, -0.05) is 6.07 Å². The monoisotopic (exact) mass is 301 g/mol. The van der Waals surface area contributed by atoms with E-state index in [1.54, 1.807) is 6.92 Å². The van der Waals surface area contributed by atoms with Gasteiger partial charge in [-0.25, -0.2) is 13.2 Å². The molecule has 0 aliphatic heterocycles. The van der Waals surface area contributed by atoms with Crippen LogP contribution in [0.15, 0.2) is 23.1 Å². The van der Waals surface area contributed by atoms with Crippen LogP contribution in [0.3, 0.4) is 0 Å². The van der Waals surface area contributed by atoms with Crippen LogP contribution in [0.25, 0.3) is 0 Å². The molecule has 0 unspecified atom stereocenters. The molecule has 0 bridgehead atoms. The summed E-state index contributed by atoms with van der Waals surface area (Å²) >= 11 is 0. The number of methoxy groups -OCH3 is 1. The Morgan fingerprint density at radius 3 is 2.45 bits per heavy atom. The minimum Gasteiger partial charge on any atom is -0.480 e. The van der Waals surface area contributed by atoms with Crippen molar-refractivity contribution in [2.45, 2.75) is 24.8 Å². The van der Waals surface area contributed by atoms with Crippen molar-refractivity contribution < 1.29 is 27.9 Å². The molecule has 0 saturated carbocycles. The highest BCUT2D eigenvalue weighted by Crippen LogP contribution is 2.18. The third kappa shape index (κ3) is 3.55. The van der Waals surface area contributed by atoms with Crippen LogP contribution in [0.1, 0.15) is 22.8 Å². The van der Waals surface area contributed by atoms with Gasteiger partial charge in [-0.3, -0.25) is 4.79 Å². The van der Waals surface area contributed by atoms with Gasteiger partial charge in [0.15, 0.2) is 0 Å². The summed E-state index contributed by atoms with van der Waals surface area (Å²) in [6, 6.07) is 2.76. The van der Waals surface area contributed by atoms with Crippen LogP contribution in [0.5, 0.6) is 0 Å². The molecule has 0 radical (unpaired) electrons. The van der Waals surface area contributed by atoms with Crippen molar-refractivity contribution in [3.05, 3.63) is 29.3 Å². The van der Waals surface area contributed by atoms with Gasteiger partial charge in [0.1, 0.15) is 6.04 Å². The van der Waals surface area contributed by atoms with Gasteiger partial charge >= 0.3 is 11.9 Å². The quantitative estimate of drug-likeness (QED) is 0.768. The normalized spacial score (nSPS) is 12.8. The van der Waals surface area contributed by atoms with Crippen LogP contribution in [0.2, 0.25) is 0 Å². The number of aliphatic carboxylic acids is 1. The molecule has 1 rings (SSSR count). The molecule has 0 fully saturated rings. The summed E-state index contributed by atoms with van der Waals surface area (Å²) in [5.74, 6) is -1.97. The molecule has 110 valence electrons. The molecule has 0 aromatic heterocycles. The number of nitrogens with one attached hydrogen (secondary N) is 1. The second-order valence-electron chi connectivity index (χ2n) is 4.15. The highest BCUT2D eigenvalue weighted by molar-refractivity contribution is 7.89. The van der Waals surface area contributed by atoms with E-state index < -0.39 is 28.0 Å². The van der Waals surface area contributed by atoms with E-state index in [1.807, 2.05) is 4.72 Å². The van der Waals surface area contributed by atoms with Crippen LogP contribution in [0, 0.1) is 6.92 Å². The molecular weight excluding hydrogens is 286 g/mol. The first-order chi connectivity index (χ1) is 9.19. The zero-order valence-corrected chi connectivity index (χ0v) is 12.0. The van der Waals surface area contributed by atoms with E-state index >= 15 is 0 Å². The molecule has 1 atom stereocenters. The molecule has 0 saturated heterocycles. The van der Waals surface area contributed by atoms with Crippen molar-refractivity contribution in [1.82, 2.24) is 4.72 Å². The number of esters is 1. The van der Waals surface area contributed by atoms with Crippen molar-refractivity contribution in [3.8, 4) is 0 Å². The van der Waals surface area contributed by atoms with Crippen LogP contribution < -0.4 is 4.72 Å². The van der Waals surface area contributed by atoms with Gasteiger partial charge in [-0.15, -0.1) is 0 Å². The number of carboxylic acids is 1. The van der Waals surface area contributed by atoms with E-state index in [-0.39, 0.29) is 10.5 Å². The molecule has 7 nitrogen and oxygen atoms in total. The number of rotatable bonds is 5. The number of carbonyl (C=O) groups is 2. The molecule has 1 aromatic rings. The molecule has 0 amide bonds. The summed E-state index contributed by atoms with van der Waals surface area (Å²) in [6.07, 6.45) is 0. The van der Waals surface area contributed by atoms with E-state index in [0.29, 0.717) is 5.56 Å². The second kappa shape index (κ2) is 6.02. The second-order valence-corrected chi connectivity index (χ2v) is 5.84. The largest absolute Gasteiger partial charge is 0.480 e. The lowest BCUT2D eigenvalue weighted by atomic mass is 10.1. The van der Waals surface area contributed by atoms with Crippen LogP contribution >= 0.6 is 0 Å². The lowest BCUT2D eigenvalue weighted by molar-refractivity contribution is -0.138. The number of ether oxygens (including phenoxy) is 1. The zero-order chi connectivity index (χ0) is 15.5. The number of carbonyl (C=O) groups excluding carboxylic acids is 1. The number of aryl methyl sites for hydroxylation is 1. The van der Waals surface area contributed by atoms with E-state index in [1.165, 1.54) is 26.2 Å². The Bertz CT molecular complexity index is 637. The summed E-state index contributed by atoms with van der Waals surface area (Å²) in [6.45, 7) is 2.75. The van der Waals surface area contributed by atoms with Gasteiger partial charge in [0.05, 0.1) is 17.6 Å². The lowest BCUT2D eigenvalue weighted by Gasteiger charge is -2.13. The average Bonchev–Trinajstić information content (AvgIpc) is 2.37. The van der Waals surface area contributed by atoms with Gasteiger partial charge in [0, 0.05) is 0 Å². The smallest absolute Gasteiger partial charge is 0.337 e. The van der Waals surface area contributed by atoms with Crippen molar-refractivity contribution in [2.75, 3.05) is 7.11 Å². The Labute approximate surface area is 116 Å². The summed E-state index contributed by atoms with van der Waals surface area (Å²) in [4.78, 5) is 22.0. The van der Waals surface area contributed by atoms with Gasteiger partial charge < -0.3 is 9.84 Å². The van der Waals surface area contributed by atoms with Gasteiger partial charge in [0.25, 0.3) is 0 Å². The van der Waals surface area contributed by atoms with E-state index in [9.17, 15) is 18.0 Å². The van der Waals surface area contributed by atoms with Gasteiger partial charge in [0.2, 0.25) is 10.0 Å². The van der Waals surface area contributed by atoms with Crippen molar-refractivity contribution >= 4 is 22.0 Å². The Balaban J connectivity index is 3.24. The fourth-order valence-corrected chi connectivity index (χ4v) is 2.95. The summed E-state index contributed by atoms with van der Waals surface area (Å²) in [5, 5.41) is 8.74. The van der Waals surface area contributed by atoms with E-state index in [0.717, 1.165) is 6.07 Å². The Hall–Kier alpha value is -1.93. The average molecular weight is 301 g/mol.